The normalized spacial score (nSPS) is 13.0. The molecule has 2 rings (SSSR count). The van der Waals surface area contributed by atoms with Gasteiger partial charge in [-0.1, -0.05) is 13.8 Å². The molecule has 8 heteroatoms. The minimum absolute atomic E-state index is 0.0469. The molecule has 0 saturated carbocycles. The molecule has 1 atom stereocenters. The summed E-state index contributed by atoms with van der Waals surface area (Å²) in [6.07, 6.45) is 1.59. The van der Waals surface area contributed by atoms with E-state index in [9.17, 15) is 18.0 Å². The molecule has 1 aromatic heterocycles. The number of halogens is 3. The van der Waals surface area contributed by atoms with E-state index in [-0.39, 0.29) is 28.6 Å². The quantitative estimate of drug-likeness (QED) is 0.668. The number of thioether (sulfide) groups is 1. The van der Waals surface area contributed by atoms with E-state index in [2.05, 4.69) is 10.2 Å². The third-order valence-electron chi connectivity index (χ3n) is 3.93. The fourth-order valence-electron chi connectivity index (χ4n) is 2.65. The second-order valence-electron chi connectivity index (χ2n) is 5.53. The summed E-state index contributed by atoms with van der Waals surface area (Å²) in [6, 6.07) is 8.92. The molecule has 1 amide bonds. The van der Waals surface area contributed by atoms with Crippen LogP contribution in [0.4, 0.5) is 13.2 Å². The molecule has 1 heterocycles. The summed E-state index contributed by atoms with van der Waals surface area (Å²) in [7, 11) is 0. The highest BCUT2D eigenvalue weighted by molar-refractivity contribution is 8.00. The topological polar surface area (TPSA) is 45.5 Å². The standard InChI is InChI=1S/C18H21F3N2O2S/c1-3-23(4-2)15(16-6-5-11-25-16)12-22-17(24)13-7-9-14(10-8-13)26-18(19,20)21/h5-11,15H,3-4,12H2,1-2H3,(H,22,24). The van der Waals surface area contributed by atoms with Crippen LogP contribution in [0, 0.1) is 0 Å². The summed E-state index contributed by atoms with van der Waals surface area (Å²) in [4.78, 5) is 14.5. The summed E-state index contributed by atoms with van der Waals surface area (Å²) < 4.78 is 42.6. The van der Waals surface area contributed by atoms with E-state index in [1.165, 1.54) is 24.3 Å². The van der Waals surface area contributed by atoms with Gasteiger partial charge in [-0.3, -0.25) is 9.69 Å². The molecule has 2 aromatic rings. The van der Waals surface area contributed by atoms with E-state index in [1.54, 1.807) is 12.3 Å². The number of furan rings is 1. The van der Waals surface area contributed by atoms with Crippen LogP contribution in [-0.4, -0.2) is 35.9 Å². The average Bonchev–Trinajstić information content (AvgIpc) is 3.12. The summed E-state index contributed by atoms with van der Waals surface area (Å²) in [5, 5.41) is 2.83. The Bertz CT molecular complexity index is 683. The van der Waals surface area contributed by atoms with Crippen LogP contribution in [0.1, 0.15) is 36.0 Å². The van der Waals surface area contributed by atoms with E-state index in [0.717, 1.165) is 18.8 Å². The van der Waals surface area contributed by atoms with Gasteiger partial charge < -0.3 is 9.73 Å². The summed E-state index contributed by atoms with van der Waals surface area (Å²) >= 11 is -0.203. The first kappa shape index (κ1) is 20.4. The lowest BCUT2D eigenvalue weighted by molar-refractivity contribution is -0.0328. The molecule has 142 valence electrons. The second kappa shape index (κ2) is 9.14. The number of carbonyl (C=O) groups excluding carboxylic acids is 1. The number of amides is 1. The molecule has 26 heavy (non-hydrogen) atoms. The predicted molar refractivity (Wildman–Crippen MR) is 95.1 cm³/mol. The lowest BCUT2D eigenvalue weighted by Gasteiger charge is -2.28. The van der Waals surface area contributed by atoms with Crippen molar-refractivity contribution in [2.24, 2.45) is 0 Å². The molecular weight excluding hydrogens is 365 g/mol. The van der Waals surface area contributed by atoms with E-state index >= 15 is 0 Å². The van der Waals surface area contributed by atoms with Gasteiger partial charge in [-0.15, -0.1) is 0 Å². The zero-order valence-corrected chi connectivity index (χ0v) is 15.4. The van der Waals surface area contributed by atoms with Gasteiger partial charge in [0.1, 0.15) is 5.76 Å². The number of nitrogens with zero attached hydrogens (tertiary/aromatic N) is 1. The first-order chi connectivity index (χ1) is 12.3. The summed E-state index contributed by atoms with van der Waals surface area (Å²) in [5.74, 6) is 0.420. The predicted octanol–water partition coefficient (Wildman–Crippen LogP) is 4.70. The molecule has 1 unspecified atom stereocenters. The smallest absolute Gasteiger partial charge is 0.446 e. The van der Waals surface area contributed by atoms with E-state index < -0.39 is 5.51 Å². The summed E-state index contributed by atoms with van der Waals surface area (Å²) in [5.41, 5.74) is -4.03. The Balaban J connectivity index is 2.01. The van der Waals surface area contributed by atoms with Gasteiger partial charge in [-0.2, -0.15) is 13.2 Å². The van der Waals surface area contributed by atoms with Crippen LogP contribution >= 0.6 is 11.8 Å². The Morgan fingerprint density at radius 3 is 2.35 bits per heavy atom. The number of likely N-dealkylation sites (N-methyl/N-ethyl adjacent to an activating group) is 1. The monoisotopic (exact) mass is 386 g/mol. The largest absolute Gasteiger partial charge is 0.468 e. The van der Waals surface area contributed by atoms with Gasteiger partial charge in [0, 0.05) is 17.0 Å². The SMILES string of the molecule is CCN(CC)C(CNC(=O)c1ccc(SC(F)(F)F)cc1)c1ccco1. The first-order valence-corrected chi connectivity index (χ1v) is 9.07. The lowest BCUT2D eigenvalue weighted by Crippen LogP contribution is -2.37. The molecule has 4 nitrogen and oxygen atoms in total. The van der Waals surface area contributed by atoms with Gasteiger partial charge in [0.05, 0.1) is 12.3 Å². The number of hydrogen-bond donors (Lipinski definition) is 1. The molecule has 0 radical (unpaired) electrons. The fraction of sp³-hybridized carbons (Fsp3) is 0.389. The molecule has 0 aliphatic carbocycles. The minimum Gasteiger partial charge on any atom is -0.468 e. The van der Waals surface area contributed by atoms with Crippen molar-refractivity contribution in [3.8, 4) is 0 Å². The van der Waals surface area contributed by atoms with Gasteiger partial charge in [-0.25, -0.2) is 0 Å². The highest BCUT2D eigenvalue weighted by atomic mass is 32.2. The zero-order valence-electron chi connectivity index (χ0n) is 14.5. The molecule has 0 aliphatic heterocycles. The van der Waals surface area contributed by atoms with Crippen molar-refractivity contribution in [3.05, 3.63) is 54.0 Å². The van der Waals surface area contributed by atoms with Crippen molar-refractivity contribution in [1.82, 2.24) is 10.2 Å². The van der Waals surface area contributed by atoms with Crippen LogP contribution in [0.15, 0.2) is 52.0 Å². The average molecular weight is 386 g/mol. The van der Waals surface area contributed by atoms with Gasteiger partial charge >= 0.3 is 5.51 Å². The Labute approximate surface area is 154 Å². The third kappa shape index (κ3) is 5.81. The Hall–Kier alpha value is -1.93. The molecule has 1 aromatic carbocycles. The first-order valence-electron chi connectivity index (χ1n) is 8.25. The number of carbonyl (C=O) groups is 1. The number of hydrogen-bond acceptors (Lipinski definition) is 4. The zero-order chi connectivity index (χ0) is 19.2. The molecule has 0 bridgehead atoms. The highest BCUT2D eigenvalue weighted by Crippen LogP contribution is 2.36. The molecule has 0 aliphatic rings. The molecule has 1 N–H and O–H groups in total. The number of benzene rings is 1. The number of rotatable bonds is 8. The van der Waals surface area contributed by atoms with Crippen LogP contribution < -0.4 is 5.32 Å². The van der Waals surface area contributed by atoms with E-state index in [1.807, 2.05) is 19.9 Å². The van der Waals surface area contributed by atoms with Crippen molar-refractivity contribution in [2.75, 3.05) is 19.6 Å². The highest BCUT2D eigenvalue weighted by Gasteiger charge is 2.29. The van der Waals surface area contributed by atoms with Crippen molar-refractivity contribution in [2.45, 2.75) is 30.3 Å². The van der Waals surface area contributed by atoms with Gasteiger partial charge in [-0.05, 0) is 61.2 Å². The maximum atomic E-state index is 12.4. The maximum absolute atomic E-state index is 12.4. The van der Waals surface area contributed by atoms with Crippen LogP contribution in [0.2, 0.25) is 0 Å². The molecule has 0 fully saturated rings. The van der Waals surface area contributed by atoms with Crippen molar-refractivity contribution in [1.29, 1.82) is 0 Å². The van der Waals surface area contributed by atoms with Crippen LogP contribution in [0.3, 0.4) is 0 Å². The van der Waals surface area contributed by atoms with Crippen molar-refractivity contribution >= 4 is 17.7 Å². The Morgan fingerprint density at radius 2 is 1.85 bits per heavy atom. The molecule has 0 spiro atoms. The van der Waals surface area contributed by atoms with Gasteiger partial charge in [0.15, 0.2) is 0 Å². The molecular formula is C18H21F3N2O2S. The fourth-order valence-corrected chi connectivity index (χ4v) is 3.19. The van der Waals surface area contributed by atoms with E-state index in [4.69, 9.17) is 4.42 Å². The second-order valence-corrected chi connectivity index (χ2v) is 6.67. The van der Waals surface area contributed by atoms with Crippen molar-refractivity contribution in [3.63, 3.8) is 0 Å². The minimum atomic E-state index is -4.34. The third-order valence-corrected chi connectivity index (χ3v) is 4.67. The Morgan fingerprint density at radius 1 is 1.19 bits per heavy atom. The van der Waals surface area contributed by atoms with Crippen LogP contribution in [0.25, 0.3) is 0 Å². The van der Waals surface area contributed by atoms with E-state index in [0.29, 0.717) is 12.1 Å². The number of nitrogens with one attached hydrogen (secondary N) is 1. The van der Waals surface area contributed by atoms with Crippen molar-refractivity contribution < 1.29 is 22.4 Å². The van der Waals surface area contributed by atoms with Crippen LogP contribution in [0.5, 0.6) is 0 Å². The van der Waals surface area contributed by atoms with Gasteiger partial charge in [0.25, 0.3) is 5.91 Å². The number of alkyl halides is 3. The van der Waals surface area contributed by atoms with Crippen LogP contribution in [-0.2, 0) is 0 Å². The summed E-state index contributed by atoms with van der Waals surface area (Å²) in [6.45, 7) is 5.98. The molecule has 0 saturated heterocycles. The lowest BCUT2D eigenvalue weighted by atomic mass is 10.1. The van der Waals surface area contributed by atoms with Gasteiger partial charge in [0.2, 0.25) is 0 Å². The maximum Gasteiger partial charge on any atom is 0.446 e. The Kier molecular flexibility index (Phi) is 7.16.